The molecule has 2 atom stereocenters. The molecular formula is C9H18N2O3. The molecule has 14 heavy (non-hydrogen) atoms. The largest absolute Gasteiger partial charge is 0.480 e. The molecule has 0 amide bonds. The molecule has 5 heteroatoms. The third-order valence-electron chi connectivity index (χ3n) is 2.41. The smallest absolute Gasteiger partial charge is 0.322 e. The summed E-state index contributed by atoms with van der Waals surface area (Å²) in [4.78, 5) is 12.9. The van der Waals surface area contributed by atoms with Crippen LogP contribution in [0, 0.1) is 0 Å². The number of aliphatic carboxylic acids is 1. The highest BCUT2D eigenvalue weighted by Gasteiger charge is 2.22. The van der Waals surface area contributed by atoms with Crippen molar-refractivity contribution in [1.82, 2.24) is 10.2 Å². The molecule has 0 saturated carbocycles. The Morgan fingerprint density at radius 3 is 3.00 bits per heavy atom. The predicted octanol–water partition coefficient (Wildman–Crippen LogP) is -0.620. The van der Waals surface area contributed by atoms with Crippen LogP contribution in [0.15, 0.2) is 0 Å². The molecule has 0 spiro atoms. The number of carbonyl (C=O) groups is 1. The summed E-state index contributed by atoms with van der Waals surface area (Å²) in [6, 6.07) is -0.486. The van der Waals surface area contributed by atoms with E-state index in [9.17, 15) is 4.79 Å². The minimum atomic E-state index is -0.799. The molecule has 0 aromatic rings. The lowest BCUT2D eigenvalue weighted by Gasteiger charge is -2.32. The maximum Gasteiger partial charge on any atom is 0.322 e. The Kier molecular flexibility index (Phi) is 4.31. The molecule has 0 aromatic heterocycles. The zero-order valence-corrected chi connectivity index (χ0v) is 8.69. The number of carboxylic acids is 1. The Bertz CT molecular complexity index is 198. The van der Waals surface area contributed by atoms with E-state index in [1.165, 1.54) is 0 Å². The van der Waals surface area contributed by atoms with Crippen LogP contribution in [-0.2, 0) is 9.53 Å². The fraction of sp³-hybridized carbons (Fsp3) is 0.889. The van der Waals surface area contributed by atoms with Gasteiger partial charge >= 0.3 is 5.97 Å². The molecule has 5 nitrogen and oxygen atoms in total. The maximum absolute atomic E-state index is 10.8. The van der Waals surface area contributed by atoms with Crippen molar-refractivity contribution < 1.29 is 14.6 Å². The number of hydrogen-bond acceptors (Lipinski definition) is 4. The summed E-state index contributed by atoms with van der Waals surface area (Å²) >= 11 is 0. The number of morpholine rings is 1. The SMILES string of the molecule is CNC(CN1CCOC(C)C1)C(=O)O. The van der Waals surface area contributed by atoms with Crippen molar-refractivity contribution in [2.24, 2.45) is 0 Å². The summed E-state index contributed by atoms with van der Waals surface area (Å²) < 4.78 is 5.37. The van der Waals surface area contributed by atoms with Gasteiger partial charge in [0.2, 0.25) is 0 Å². The quantitative estimate of drug-likeness (QED) is 0.636. The fourth-order valence-corrected chi connectivity index (χ4v) is 1.61. The number of likely N-dealkylation sites (N-methyl/N-ethyl adjacent to an activating group) is 1. The summed E-state index contributed by atoms with van der Waals surface area (Å²) in [7, 11) is 1.67. The van der Waals surface area contributed by atoms with Gasteiger partial charge in [0.15, 0.2) is 0 Å². The second-order valence-corrected chi connectivity index (χ2v) is 3.62. The van der Waals surface area contributed by atoms with Gasteiger partial charge in [0.05, 0.1) is 12.7 Å². The lowest BCUT2D eigenvalue weighted by atomic mass is 10.2. The molecule has 1 fully saturated rings. The van der Waals surface area contributed by atoms with Crippen molar-refractivity contribution in [3.05, 3.63) is 0 Å². The third-order valence-corrected chi connectivity index (χ3v) is 2.41. The van der Waals surface area contributed by atoms with Gasteiger partial charge in [0, 0.05) is 19.6 Å². The molecule has 1 aliphatic rings. The van der Waals surface area contributed by atoms with Gasteiger partial charge in [0.1, 0.15) is 6.04 Å². The molecule has 0 radical (unpaired) electrons. The van der Waals surface area contributed by atoms with E-state index < -0.39 is 12.0 Å². The molecule has 0 bridgehead atoms. The molecule has 2 unspecified atom stereocenters. The van der Waals surface area contributed by atoms with Gasteiger partial charge in [-0.25, -0.2) is 0 Å². The van der Waals surface area contributed by atoms with E-state index in [0.29, 0.717) is 13.2 Å². The number of ether oxygens (including phenoxy) is 1. The lowest BCUT2D eigenvalue weighted by molar-refractivity contribution is -0.140. The first kappa shape index (κ1) is 11.4. The zero-order chi connectivity index (χ0) is 10.6. The Balaban J connectivity index is 2.37. The van der Waals surface area contributed by atoms with Crippen molar-refractivity contribution in [3.63, 3.8) is 0 Å². The molecule has 82 valence electrons. The van der Waals surface area contributed by atoms with E-state index in [1.807, 2.05) is 6.92 Å². The number of nitrogens with zero attached hydrogens (tertiary/aromatic N) is 1. The van der Waals surface area contributed by atoms with Crippen LogP contribution in [-0.4, -0.2) is 61.4 Å². The maximum atomic E-state index is 10.8. The Morgan fingerprint density at radius 1 is 1.79 bits per heavy atom. The standard InChI is InChI=1S/C9H18N2O3/c1-7-5-11(3-4-14-7)6-8(10-2)9(12)13/h7-8,10H,3-6H2,1-2H3,(H,12,13). The van der Waals surface area contributed by atoms with Crippen LogP contribution in [0.4, 0.5) is 0 Å². The van der Waals surface area contributed by atoms with E-state index in [4.69, 9.17) is 9.84 Å². The second kappa shape index (κ2) is 5.29. The second-order valence-electron chi connectivity index (χ2n) is 3.62. The van der Waals surface area contributed by atoms with Gasteiger partial charge in [-0.3, -0.25) is 9.69 Å². The van der Waals surface area contributed by atoms with Crippen molar-refractivity contribution >= 4 is 5.97 Å². The van der Waals surface area contributed by atoms with E-state index in [1.54, 1.807) is 7.05 Å². The fourth-order valence-electron chi connectivity index (χ4n) is 1.61. The third kappa shape index (κ3) is 3.25. The molecule has 0 aliphatic carbocycles. The van der Waals surface area contributed by atoms with Crippen molar-refractivity contribution in [2.45, 2.75) is 19.1 Å². The topological polar surface area (TPSA) is 61.8 Å². The number of nitrogens with one attached hydrogen (secondary N) is 1. The highest BCUT2D eigenvalue weighted by molar-refractivity contribution is 5.73. The summed E-state index contributed by atoms with van der Waals surface area (Å²) in [5.74, 6) is -0.799. The summed E-state index contributed by atoms with van der Waals surface area (Å²) in [6.07, 6.45) is 0.204. The molecule has 1 rings (SSSR count). The first-order valence-corrected chi connectivity index (χ1v) is 4.87. The van der Waals surface area contributed by atoms with Crippen molar-refractivity contribution in [1.29, 1.82) is 0 Å². The van der Waals surface area contributed by atoms with E-state index >= 15 is 0 Å². The van der Waals surface area contributed by atoms with Crippen molar-refractivity contribution in [2.75, 3.05) is 33.3 Å². The zero-order valence-electron chi connectivity index (χ0n) is 8.69. The van der Waals surface area contributed by atoms with E-state index in [2.05, 4.69) is 10.2 Å². The van der Waals surface area contributed by atoms with Crippen LogP contribution in [0.25, 0.3) is 0 Å². The van der Waals surface area contributed by atoms with Gasteiger partial charge in [-0.05, 0) is 14.0 Å². The molecule has 2 N–H and O–H groups in total. The number of rotatable bonds is 4. The Labute approximate surface area is 84.0 Å². The van der Waals surface area contributed by atoms with Gasteiger partial charge in [-0.1, -0.05) is 0 Å². The van der Waals surface area contributed by atoms with Crippen LogP contribution in [0.3, 0.4) is 0 Å². The minimum absolute atomic E-state index is 0.204. The monoisotopic (exact) mass is 202 g/mol. The molecular weight excluding hydrogens is 184 g/mol. The summed E-state index contributed by atoms with van der Waals surface area (Å²) in [5.41, 5.74) is 0. The molecule has 1 heterocycles. The summed E-state index contributed by atoms with van der Waals surface area (Å²) in [5, 5.41) is 11.6. The van der Waals surface area contributed by atoms with Gasteiger partial charge in [0.25, 0.3) is 0 Å². The van der Waals surface area contributed by atoms with Gasteiger partial charge in [-0.15, -0.1) is 0 Å². The van der Waals surface area contributed by atoms with Gasteiger partial charge in [-0.2, -0.15) is 0 Å². The van der Waals surface area contributed by atoms with Crippen molar-refractivity contribution in [3.8, 4) is 0 Å². The molecule has 1 saturated heterocycles. The van der Waals surface area contributed by atoms with Crippen LogP contribution >= 0.6 is 0 Å². The number of hydrogen-bond donors (Lipinski definition) is 2. The van der Waals surface area contributed by atoms with E-state index in [0.717, 1.165) is 13.1 Å². The molecule has 1 aliphatic heterocycles. The average molecular weight is 202 g/mol. The highest BCUT2D eigenvalue weighted by atomic mass is 16.5. The minimum Gasteiger partial charge on any atom is -0.480 e. The normalized spacial score (nSPS) is 26.0. The highest BCUT2D eigenvalue weighted by Crippen LogP contribution is 2.04. The average Bonchev–Trinajstić information content (AvgIpc) is 2.14. The van der Waals surface area contributed by atoms with E-state index in [-0.39, 0.29) is 6.10 Å². The molecule has 0 aromatic carbocycles. The number of carboxylic acid groups (broad SMARTS) is 1. The van der Waals surface area contributed by atoms with Crippen LogP contribution in [0.1, 0.15) is 6.92 Å². The summed E-state index contributed by atoms with van der Waals surface area (Å²) in [6.45, 7) is 4.86. The van der Waals surface area contributed by atoms with Gasteiger partial charge < -0.3 is 15.2 Å². The first-order valence-electron chi connectivity index (χ1n) is 4.87. The van der Waals surface area contributed by atoms with Crippen LogP contribution in [0.2, 0.25) is 0 Å². The first-order chi connectivity index (χ1) is 6.63. The van der Waals surface area contributed by atoms with Crippen LogP contribution < -0.4 is 5.32 Å². The Morgan fingerprint density at radius 2 is 2.50 bits per heavy atom. The Hall–Kier alpha value is -0.650. The predicted molar refractivity (Wildman–Crippen MR) is 52.3 cm³/mol. The lowest BCUT2D eigenvalue weighted by Crippen LogP contribution is -2.49. The van der Waals surface area contributed by atoms with Crippen LogP contribution in [0.5, 0.6) is 0 Å².